The van der Waals surface area contributed by atoms with Crippen LogP contribution in [0.4, 0.5) is 0 Å². The number of aromatic carboxylic acids is 1. The highest BCUT2D eigenvalue weighted by molar-refractivity contribution is 5.86. The molecule has 0 aliphatic carbocycles. The molecule has 0 fully saturated rings. The molecule has 0 bridgehead atoms. The maximum Gasteiger partial charge on any atom is 0.358 e. The average molecular weight is 170 g/mol. The fourth-order valence-corrected chi connectivity index (χ4v) is 0.848. The van der Waals surface area contributed by atoms with Gasteiger partial charge in [-0.3, -0.25) is 0 Å². The summed E-state index contributed by atoms with van der Waals surface area (Å²) in [5, 5.41) is 18.0. The van der Waals surface area contributed by atoms with E-state index in [-0.39, 0.29) is 11.7 Å². The van der Waals surface area contributed by atoms with Gasteiger partial charge in [0, 0.05) is 0 Å². The van der Waals surface area contributed by atoms with Crippen molar-refractivity contribution in [1.82, 2.24) is 15.4 Å². The van der Waals surface area contributed by atoms with Crippen LogP contribution in [0.25, 0.3) is 0 Å². The van der Waals surface area contributed by atoms with E-state index in [0.717, 1.165) is 0 Å². The molecule has 1 rings (SSSR count). The van der Waals surface area contributed by atoms with Gasteiger partial charge in [-0.2, -0.15) is 10.3 Å². The Balaban J connectivity index is 2.98. The van der Waals surface area contributed by atoms with Crippen molar-refractivity contribution in [2.75, 3.05) is 0 Å². The quantitative estimate of drug-likeness (QED) is 0.588. The van der Waals surface area contributed by atoms with Gasteiger partial charge in [0.05, 0.1) is 6.04 Å². The molecule has 0 amide bonds. The Kier molecular flexibility index (Phi) is 2.39. The molecule has 0 saturated carbocycles. The van der Waals surface area contributed by atoms with Gasteiger partial charge in [-0.15, -0.1) is 5.10 Å². The van der Waals surface area contributed by atoms with E-state index in [1.54, 1.807) is 0 Å². The summed E-state index contributed by atoms with van der Waals surface area (Å²) >= 11 is 0. The molecule has 0 saturated heterocycles. The summed E-state index contributed by atoms with van der Waals surface area (Å²) in [6, 6.07) is -0.366. The molecular formula is C6H10N4O2. The first kappa shape index (κ1) is 8.66. The standard InChI is InChI=1S/C6H10N4O2/c1-2-3(7)4-5(6(11)12)9-10-8-4/h3H,2,7H2,1H3,(H,11,12)(H,8,9,10). The summed E-state index contributed by atoms with van der Waals surface area (Å²) in [4.78, 5) is 10.5. The zero-order valence-corrected chi connectivity index (χ0v) is 6.61. The van der Waals surface area contributed by atoms with Crippen molar-refractivity contribution in [1.29, 1.82) is 0 Å². The van der Waals surface area contributed by atoms with Crippen molar-refractivity contribution in [3.8, 4) is 0 Å². The first-order chi connectivity index (χ1) is 5.66. The zero-order chi connectivity index (χ0) is 9.14. The number of carbonyl (C=O) groups is 1. The van der Waals surface area contributed by atoms with Gasteiger partial charge in [0.15, 0.2) is 5.69 Å². The van der Waals surface area contributed by atoms with Crippen LogP contribution in [0.3, 0.4) is 0 Å². The maximum absolute atomic E-state index is 10.5. The van der Waals surface area contributed by atoms with Gasteiger partial charge in [-0.25, -0.2) is 4.79 Å². The summed E-state index contributed by atoms with van der Waals surface area (Å²) in [5.74, 6) is -1.11. The monoisotopic (exact) mass is 170 g/mol. The van der Waals surface area contributed by atoms with E-state index < -0.39 is 5.97 Å². The van der Waals surface area contributed by atoms with Gasteiger partial charge in [0.2, 0.25) is 0 Å². The topological polar surface area (TPSA) is 105 Å². The Bertz CT molecular complexity index is 283. The summed E-state index contributed by atoms with van der Waals surface area (Å²) < 4.78 is 0. The first-order valence-corrected chi connectivity index (χ1v) is 3.56. The Morgan fingerprint density at radius 1 is 1.75 bits per heavy atom. The summed E-state index contributed by atoms with van der Waals surface area (Å²) in [7, 11) is 0. The minimum atomic E-state index is -1.11. The van der Waals surface area contributed by atoms with E-state index in [4.69, 9.17) is 10.8 Å². The summed E-state index contributed by atoms with van der Waals surface area (Å²) in [6.07, 6.45) is 0.632. The Hall–Kier alpha value is -1.43. The van der Waals surface area contributed by atoms with Crippen LogP contribution in [-0.2, 0) is 0 Å². The number of nitrogens with one attached hydrogen (secondary N) is 1. The highest BCUT2D eigenvalue weighted by Crippen LogP contribution is 2.12. The number of nitrogens with zero attached hydrogens (tertiary/aromatic N) is 2. The third-order valence-electron chi connectivity index (χ3n) is 1.57. The molecule has 0 aliphatic heterocycles. The molecule has 1 heterocycles. The molecule has 1 atom stereocenters. The molecule has 6 heteroatoms. The molecule has 4 N–H and O–H groups in total. The van der Waals surface area contributed by atoms with Crippen LogP contribution in [0.2, 0.25) is 0 Å². The number of carboxylic acid groups (broad SMARTS) is 1. The van der Waals surface area contributed by atoms with Crippen molar-refractivity contribution < 1.29 is 9.90 Å². The third kappa shape index (κ3) is 1.42. The molecule has 6 nitrogen and oxygen atoms in total. The minimum Gasteiger partial charge on any atom is -0.476 e. The highest BCUT2D eigenvalue weighted by atomic mass is 16.4. The smallest absolute Gasteiger partial charge is 0.358 e. The predicted octanol–water partition coefficient (Wildman–Crippen LogP) is -0.0873. The second-order valence-corrected chi connectivity index (χ2v) is 2.38. The van der Waals surface area contributed by atoms with Crippen LogP contribution in [0.15, 0.2) is 0 Å². The lowest BCUT2D eigenvalue weighted by Crippen LogP contribution is -2.13. The molecule has 0 spiro atoms. The number of nitrogens with two attached hydrogens (primary N) is 1. The maximum atomic E-state index is 10.5. The molecule has 0 aliphatic rings. The summed E-state index contributed by atoms with van der Waals surface area (Å²) in [6.45, 7) is 1.85. The van der Waals surface area contributed by atoms with E-state index in [0.29, 0.717) is 12.1 Å². The molecule has 1 unspecified atom stereocenters. The lowest BCUT2D eigenvalue weighted by Gasteiger charge is -2.03. The number of aromatic nitrogens is 3. The van der Waals surface area contributed by atoms with Crippen LogP contribution in [0, 0.1) is 0 Å². The van der Waals surface area contributed by atoms with Crippen LogP contribution < -0.4 is 5.73 Å². The molecule has 66 valence electrons. The minimum absolute atomic E-state index is 0.0932. The lowest BCUT2D eigenvalue weighted by molar-refractivity contribution is 0.0688. The molecule has 1 aromatic rings. The fourth-order valence-electron chi connectivity index (χ4n) is 0.848. The van der Waals surface area contributed by atoms with Crippen molar-refractivity contribution >= 4 is 5.97 Å². The molecule has 12 heavy (non-hydrogen) atoms. The number of rotatable bonds is 3. The second kappa shape index (κ2) is 3.31. The van der Waals surface area contributed by atoms with Gasteiger partial charge in [-0.1, -0.05) is 6.92 Å². The van der Waals surface area contributed by atoms with Gasteiger partial charge >= 0.3 is 5.97 Å². The van der Waals surface area contributed by atoms with Crippen molar-refractivity contribution in [3.05, 3.63) is 11.4 Å². The van der Waals surface area contributed by atoms with Gasteiger partial charge in [0.1, 0.15) is 5.69 Å². The predicted molar refractivity (Wildman–Crippen MR) is 40.6 cm³/mol. The number of hydrogen-bond donors (Lipinski definition) is 3. The lowest BCUT2D eigenvalue weighted by atomic mass is 10.1. The van der Waals surface area contributed by atoms with Crippen LogP contribution in [0.5, 0.6) is 0 Å². The zero-order valence-electron chi connectivity index (χ0n) is 6.61. The number of hydrogen-bond acceptors (Lipinski definition) is 4. The third-order valence-corrected chi connectivity index (χ3v) is 1.57. The molecule has 0 aromatic carbocycles. The second-order valence-electron chi connectivity index (χ2n) is 2.38. The Morgan fingerprint density at radius 3 is 2.92 bits per heavy atom. The van der Waals surface area contributed by atoms with Crippen molar-refractivity contribution in [2.24, 2.45) is 5.73 Å². The van der Waals surface area contributed by atoms with Crippen molar-refractivity contribution in [3.63, 3.8) is 0 Å². The van der Waals surface area contributed by atoms with Crippen LogP contribution >= 0.6 is 0 Å². The molecule has 0 radical (unpaired) electrons. The SMILES string of the molecule is CCC(N)c1n[nH]nc1C(=O)O. The fraction of sp³-hybridized carbons (Fsp3) is 0.500. The van der Waals surface area contributed by atoms with E-state index in [1.807, 2.05) is 6.92 Å². The van der Waals surface area contributed by atoms with E-state index in [2.05, 4.69) is 15.4 Å². The van der Waals surface area contributed by atoms with Gasteiger partial charge < -0.3 is 10.8 Å². The van der Waals surface area contributed by atoms with E-state index >= 15 is 0 Å². The molecule has 1 aromatic heterocycles. The molecular weight excluding hydrogens is 160 g/mol. The Labute approximate surface area is 68.8 Å². The van der Waals surface area contributed by atoms with Crippen LogP contribution in [0.1, 0.15) is 35.6 Å². The largest absolute Gasteiger partial charge is 0.476 e. The Morgan fingerprint density at radius 2 is 2.42 bits per heavy atom. The van der Waals surface area contributed by atoms with E-state index in [9.17, 15) is 4.79 Å². The van der Waals surface area contributed by atoms with Gasteiger partial charge in [-0.05, 0) is 6.42 Å². The number of carboxylic acids is 1. The summed E-state index contributed by atoms with van der Waals surface area (Å²) in [5.41, 5.74) is 5.81. The normalized spacial score (nSPS) is 12.8. The van der Waals surface area contributed by atoms with E-state index in [1.165, 1.54) is 0 Å². The first-order valence-electron chi connectivity index (χ1n) is 3.56. The average Bonchev–Trinajstić information content (AvgIpc) is 2.50. The van der Waals surface area contributed by atoms with Crippen LogP contribution in [-0.4, -0.2) is 26.5 Å². The highest BCUT2D eigenvalue weighted by Gasteiger charge is 2.19. The number of aromatic amines is 1. The van der Waals surface area contributed by atoms with Crippen molar-refractivity contribution in [2.45, 2.75) is 19.4 Å². The number of H-pyrrole nitrogens is 1. The van der Waals surface area contributed by atoms with Gasteiger partial charge in [0.25, 0.3) is 0 Å².